The van der Waals surface area contributed by atoms with Gasteiger partial charge in [0.1, 0.15) is 18.3 Å². The highest BCUT2D eigenvalue weighted by Crippen LogP contribution is 2.66. The average molecular weight is 526 g/mol. The van der Waals surface area contributed by atoms with Crippen molar-refractivity contribution in [1.82, 2.24) is 4.98 Å². The summed E-state index contributed by atoms with van der Waals surface area (Å²) in [4.78, 5) is 15.8. The number of aliphatic carboxylic acids is 1. The lowest BCUT2D eigenvalue weighted by molar-refractivity contribution is -0.306. The molecule has 8 nitrogen and oxygen atoms in total. The number of carboxylic acid groups (broad SMARTS) is 1. The van der Waals surface area contributed by atoms with Crippen LogP contribution in [0.3, 0.4) is 0 Å². The van der Waals surface area contributed by atoms with Crippen LogP contribution in [-0.4, -0.2) is 68.2 Å². The number of hydrogen-bond donors (Lipinski definition) is 4. The Morgan fingerprint density at radius 3 is 2.55 bits per heavy atom. The third kappa shape index (κ3) is 3.99. The van der Waals surface area contributed by atoms with Gasteiger partial charge in [-0.05, 0) is 90.7 Å². The Balaban J connectivity index is 1.17. The number of nitrogens with zero attached hydrogens (tertiary/aromatic N) is 1. The summed E-state index contributed by atoms with van der Waals surface area (Å²) in [7, 11) is 0. The van der Waals surface area contributed by atoms with Gasteiger partial charge >= 0.3 is 5.97 Å². The second-order valence-electron chi connectivity index (χ2n) is 12.5. The van der Waals surface area contributed by atoms with E-state index >= 15 is 0 Å². The molecule has 206 valence electrons. The summed E-state index contributed by atoms with van der Waals surface area (Å²) in [5.74, 6) is 0.452. The molecule has 2 saturated carbocycles. The standard InChI is InChI=1S/C30H39NO7/c1-29-11-9-18(37-28-25(34)23(32)24(33)26(38-28)27(35)36)14-17(29)5-6-19-21-8-7-20(16-4-3-13-31-15-16)30(21,2)12-10-22(19)29/h3-5,7,13,15,18-19,21-26,28,32-34H,6,8-12,14H2,1-2H3,(H,35,36)/t18-,19-,21+,22+,23?,24+,25?,26?,28+,29-,30+/m0/s1. The van der Waals surface area contributed by atoms with Crippen molar-refractivity contribution in [3.63, 3.8) is 0 Å². The topological polar surface area (TPSA) is 129 Å². The van der Waals surface area contributed by atoms with Gasteiger partial charge in [-0.2, -0.15) is 0 Å². The minimum Gasteiger partial charge on any atom is -0.479 e. The fourth-order valence-electron chi connectivity index (χ4n) is 8.63. The van der Waals surface area contributed by atoms with E-state index in [0.29, 0.717) is 24.2 Å². The van der Waals surface area contributed by atoms with Crippen molar-refractivity contribution in [2.24, 2.45) is 28.6 Å². The Hall–Kier alpha value is -2.10. The van der Waals surface area contributed by atoms with Crippen LogP contribution in [0.1, 0.15) is 64.4 Å². The van der Waals surface area contributed by atoms with Gasteiger partial charge in [-0.3, -0.25) is 4.98 Å². The Labute approximate surface area is 223 Å². The number of pyridine rings is 1. The van der Waals surface area contributed by atoms with E-state index in [0.717, 1.165) is 25.7 Å². The zero-order chi connectivity index (χ0) is 26.8. The third-order valence-corrected chi connectivity index (χ3v) is 10.8. The zero-order valence-corrected chi connectivity index (χ0v) is 22.1. The molecule has 1 saturated heterocycles. The highest BCUT2D eigenvalue weighted by molar-refractivity contribution is 5.73. The Morgan fingerprint density at radius 2 is 1.82 bits per heavy atom. The molecule has 11 atom stereocenters. The number of fused-ring (bicyclic) bond motifs is 5. The highest BCUT2D eigenvalue weighted by atomic mass is 16.7. The van der Waals surface area contributed by atoms with E-state index in [1.807, 2.05) is 18.5 Å². The number of rotatable bonds is 4. The predicted molar refractivity (Wildman–Crippen MR) is 138 cm³/mol. The van der Waals surface area contributed by atoms with Gasteiger partial charge in [-0.1, -0.05) is 37.6 Å². The smallest absolute Gasteiger partial charge is 0.335 e. The molecule has 38 heavy (non-hydrogen) atoms. The van der Waals surface area contributed by atoms with E-state index in [-0.39, 0.29) is 16.9 Å². The van der Waals surface area contributed by atoms with E-state index < -0.39 is 36.7 Å². The minimum absolute atomic E-state index is 0.0898. The van der Waals surface area contributed by atoms with E-state index in [1.54, 1.807) is 0 Å². The lowest BCUT2D eigenvalue weighted by Crippen LogP contribution is -2.61. The molecule has 6 rings (SSSR count). The summed E-state index contributed by atoms with van der Waals surface area (Å²) in [6.07, 6.45) is 7.57. The van der Waals surface area contributed by atoms with Crippen LogP contribution in [0.5, 0.6) is 0 Å². The second-order valence-corrected chi connectivity index (χ2v) is 12.5. The molecule has 3 fully saturated rings. The Kier molecular flexibility index (Phi) is 6.55. The van der Waals surface area contributed by atoms with Crippen molar-refractivity contribution in [2.45, 2.75) is 95.6 Å². The molecule has 1 aliphatic heterocycles. The fraction of sp³-hybridized carbons (Fsp3) is 0.667. The lowest BCUT2D eigenvalue weighted by atomic mass is 9.47. The first kappa shape index (κ1) is 26.1. The number of ether oxygens (including phenoxy) is 2. The summed E-state index contributed by atoms with van der Waals surface area (Å²) < 4.78 is 11.4. The monoisotopic (exact) mass is 525 g/mol. The first-order valence-electron chi connectivity index (χ1n) is 14.0. The Bertz CT molecular complexity index is 1140. The number of aliphatic hydroxyl groups is 3. The number of carboxylic acids is 1. The number of aromatic nitrogens is 1. The summed E-state index contributed by atoms with van der Waals surface area (Å²) in [5, 5.41) is 39.9. The number of hydrogen-bond acceptors (Lipinski definition) is 7. The molecule has 5 aliphatic rings. The fourth-order valence-corrected chi connectivity index (χ4v) is 8.63. The van der Waals surface area contributed by atoms with E-state index in [1.165, 1.54) is 29.6 Å². The van der Waals surface area contributed by atoms with Crippen molar-refractivity contribution in [3.8, 4) is 0 Å². The maximum Gasteiger partial charge on any atom is 0.335 e. The lowest BCUT2D eigenvalue weighted by Gasteiger charge is -2.58. The van der Waals surface area contributed by atoms with Crippen LogP contribution in [0.2, 0.25) is 0 Å². The molecule has 4 N–H and O–H groups in total. The van der Waals surface area contributed by atoms with Gasteiger partial charge in [0.2, 0.25) is 0 Å². The summed E-state index contributed by atoms with van der Waals surface area (Å²) in [6, 6.07) is 4.21. The number of carbonyl (C=O) groups is 1. The van der Waals surface area contributed by atoms with E-state index in [2.05, 4.69) is 37.0 Å². The van der Waals surface area contributed by atoms with Gasteiger partial charge in [0.15, 0.2) is 12.4 Å². The van der Waals surface area contributed by atoms with Gasteiger partial charge in [0.05, 0.1) is 6.10 Å². The van der Waals surface area contributed by atoms with E-state index in [4.69, 9.17) is 9.47 Å². The zero-order valence-electron chi connectivity index (χ0n) is 22.1. The number of aliphatic hydroxyl groups excluding tert-OH is 3. The summed E-state index contributed by atoms with van der Waals surface area (Å²) in [6.45, 7) is 4.86. The first-order valence-corrected chi connectivity index (χ1v) is 14.0. The maximum atomic E-state index is 11.5. The summed E-state index contributed by atoms with van der Waals surface area (Å²) >= 11 is 0. The molecule has 4 aliphatic carbocycles. The van der Waals surface area contributed by atoms with Gasteiger partial charge in [0.25, 0.3) is 0 Å². The molecule has 0 aromatic carbocycles. The van der Waals surface area contributed by atoms with Crippen LogP contribution in [0.25, 0.3) is 5.57 Å². The molecule has 0 amide bonds. The third-order valence-electron chi connectivity index (χ3n) is 10.8. The molecule has 0 bridgehead atoms. The van der Waals surface area contributed by atoms with Crippen LogP contribution in [-0.2, 0) is 14.3 Å². The normalized spacial score (nSPS) is 46.3. The predicted octanol–water partition coefficient (Wildman–Crippen LogP) is 3.32. The van der Waals surface area contributed by atoms with Crippen molar-refractivity contribution in [3.05, 3.63) is 47.8 Å². The van der Waals surface area contributed by atoms with Gasteiger partial charge in [-0.15, -0.1) is 0 Å². The van der Waals surface area contributed by atoms with Crippen molar-refractivity contribution >= 4 is 11.5 Å². The van der Waals surface area contributed by atoms with Crippen LogP contribution in [0.4, 0.5) is 0 Å². The van der Waals surface area contributed by atoms with Crippen LogP contribution < -0.4 is 0 Å². The highest BCUT2D eigenvalue weighted by Gasteiger charge is 2.57. The van der Waals surface area contributed by atoms with Gasteiger partial charge in [0, 0.05) is 12.4 Å². The largest absolute Gasteiger partial charge is 0.479 e. The summed E-state index contributed by atoms with van der Waals surface area (Å²) in [5.41, 5.74) is 4.36. The van der Waals surface area contributed by atoms with Crippen LogP contribution >= 0.6 is 0 Å². The van der Waals surface area contributed by atoms with Gasteiger partial charge in [-0.25, -0.2) is 4.79 Å². The molecule has 8 heteroatoms. The molecule has 0 radical (unpaired) electrons. The van der Waals surface area contributed by atoms with Crippen molar-refractivity contribution < 1.29 is 34.7 Å². The molecule has 2 heterocycles. The minimum atomic E-state index is -1.71. The molecule has 3 unspecified atom stereocenters. The second kappa shape index (κ2) is 9.52. The van der Waals surface area contributed by atoms with E-state index in [9.17, 15) is 25.2 Å². The van der Waals surface area contributed by atoms with Gasteiger partial charge < -0.3 is 29.9 Å². The molecular formula is C30H39NO7. The van der Waals surface area contributed by atoms with Crippen molar-refractivity contribution in [1.29, 1.82) is 0 Å². The average Bonchev–Trinajstić information content (AvgIpc) is 3.26. The SMILES string of the molecule is C[C@]12CC[C@H](O[C@@H]3OC(C(=O)O)[C@H](O)C(O)C3O)CC1=CC[C@@H]1[C@H]2CC[C@]2(C)C(c3cccnc3)=CC[C@H]12. The molecule has 1 aromatic heterocycles. The van der Waals surface area contributed by atoms with Crippen LogP contribution in [0, 0.1) is 28.6 Å². The number of allylic oxidation sites excluding steroid dienone is 3. The van der Waals surface area contributed by atoms with Crippen molar-refractivity contribution in [2.75, 3.05) is 0 Å². The molecular weight excluding hydrogens is 486 g/mol. The van der Waals surface area contributed by atoms with Crippen LogP contribution in [0.15, 0.2) is 42.3 Å². The first-order chi connectivity index (χ1) is 18.1. The molecule has 1 aromatic rings. The quantitative estimate of drug-likeness (QED) is 0.441. The molecule has 0 spiro atoms. The Morgan fingerprint density at radius 1 is 1.03 bits per heavy atom. The maximum absolute atomic E-state index is 11.5.